The molecule has 0 N–H and O–H groups in total. The molecule has 90 valence electrons. The van der Waals surface area contributed by atoms with Crippen molar-refractivity contribution in [1.82, 2.24) is 0 Å². The van der Waals surface area contributed by atoms with Crippen LogP contribution < -0.4 is 0 Å². The summed E-state index contributed by atoms with van der Waals surface area (Å²) in [6.07, 6.45) is 3.54. The largest absolute Gasteiger partial charge is 0.192 e. The van der Waals surface area contributed by atoms with Crippen molar-refractivity contribution in [2.45, 2.75) is 26.2 Å². The topological polar surface area (TPSA) is 23.8 Å². The summed E-state index contributed by atoms with van der Waals surface area (Å²) in [4.78, 5) is 0. The van der Waals surface area contributed by atoms with Gasteiger partial charge in [-0.15, -0.1) is 0 Å². The van der Waals surface area contributed by atoms with Gasteiger partial charge in [0.05, 0.1) is 11.6 Å². The summed E-state index contributed by atoms with van der Waals surface area (Å²) >= 11 is 0. The Morgan fingerprint density at radius 3 is 2.39 bits per heavy atom. The van der Waals surface area contributed by atoms with Gasteiger partial charge in [-0.3, -0.25) is 0 Å². The zero-order valence-electron chi connectivity index (χ0n) is 10.7. The predicted octanol–water partition coefficient (Wildman–Crippen LogP) is 4.57. The highest BCUT2D eigenvalue weighted by molar-refractivity contribution is 5.68. The van der Waals surface area contributed by atoms with Gasteiger partial charge in [0.2, 0.25) is 0 Å². The molecule has 2 aromatic carbocycles. The molecule has 2 rings (SSSR count). The van der Waals surface area contributed by atoms with E-state index in [4.69, 9.17) is 5.26 Å². The van der Waals surface area contributed by atoms with Gasteiger partial charge in [-0.1, -0.05) is 49.7 Å². The molecule has 0 aliphatic rings. The van der Waals surface area contributed by atoms with Gasteiger partial charge in [-0.25, -0.2) is 0 Å². The van der Waals surface area contributed by atoms with Crippen LogP contribution in [0.2, 0.25) is 0 Å². The standard InChI is InChI=1S/C17H17N/c1-2-3-6-15-7-4-5-8-17(15)16-11-9-14(13-18)10-12-16/h4-5,7-12H,2-3,6H2,1H3. The summed E-state index contributed by atoms with van der Waals surface area (Å²) in [6.45, 7) is 2.21. The summed E-state index contributed by atoms with van der Waals surface area (Å²) in [5, 5.41) is 8.82. The van der Waals surface area contributed by atoms with Gasteiger partial charge >= 0.3 is 0 Å². The first-order chi connectivity index (χ1) is 8.85. The first-order valence-corrected chi connectivity index (χ1v) is 6.43. The second kappa shape index (κ2) is 6.02. The molecule has 0 heterocycles. The van der Waals surface area contributed by atoms with Crippen molar-refractivity contribution in [3.63, 3.8) is 0 Å². The molecule has 0 spiro atoms. The second-order valence-corrected chi connectivity index (χ2v) is 4.45. The highest BCUT2D eigenvalue weighted by Crippen LogP contribution is 2.25. The van der Waals surface area contributed by atoms with Crippen LogP contribution in [-0.2, 0) is 6.42 Å². The molecule has 0 atom stereocenters. The van der Waals surface area contributed by atoms with E-state index in [1.54, 1.807) is 0 Å². The molecule has 0 unspecified atom stereocenters. The van der Waals surface area contributed by atoms with Crippen molar-refractivity contribution in [1.29, 1.82) is 5.26 Å². The van der Waals surface area contributed by atoms with Crippen LogP contribution in [0.15, 0.2) is 48.5 Å². The third-order valence-corrected chi connectivity index (χ3v) is 3.14. The van der Waals surface area contributed by atoms with Crippen LogP contribution in [0.25, 0.3) is 11.1 Å². The van der Waals surface area contributed by atoms with E-state index in [1.165, 1.54) is 29.5 Å². The molecule has 0 fully saturated rings. The number of hydrogen-bond acceptors (Lipinski definition) is 1. The average molecular weight is 235 g/mol. The monoisotopic (exact) mass is 235 g/mol. The van der Waals surface area contributed by atoms with E-state index in [0.29, 0.717) is 5.56 Å². The molecular formula is C17H17N. The Morgan fingerprint density at radius 1 is 1.00 bits per heavy atom. The Hall–Kier alpha value is -2.07. The van der Waals surface area contributed by atoms with Gasteiger partial charge < -0.3 is 0 Å². The molecule has 0 aliphatic carbocycles. The Labute approximate surface area is 109 Å². The lowest BCUT2D eigenvalue weighted by atomic mass is 9.96. The van der Waals surface area contributed by atoms with E-state index >= 15 is 0 Å². The molecule has 0 amide bonds. The van der Waals surface area contributed by atoms with E-state index < -0.39 is 0 Å². The first-order valence-electron chi connectivity index (χ1n) is 6.43. The van der Waals surface area contributed by atoms with Crippen LogP contribution in [0.1, 0.15) is 30.9 Å². The molecule has 1 heteroatoms. The fraction of sp³-hybridized carbons (Fsp3) is 0.235. The van der Waals surface area contributed by atoms with Gasteiger partial charge in [0, 0.05) is 0 Å². The maximum atomic E-state index is 8.82. The third-order valence-electron chi connectivity index (χ3n) is 3.14. The fourth-order valence-electron chi connectivity index (χ4n) is 2.11. The highest BCUT2D eigenvalue weighted by atomic mass is 14.2. The molecule has 0 aliphatic heterocycles. The van der Waals surface area contributed by atoms with Crippen molar-refractivity contribution in [2.24, 2.45) is 0 Å². The lowest BCUT2D eigenvalue weighted by Crippen LogP contribution is -1.90. The highest BCUT2D eigenvalue weighted by Gasteiger charge is 2.04. The van der Waals surface area contributed by atoms with Crippen LogP contribution in [0, 0.1) is 11.3 Å². The molecule has 2 aromatic rings. The van der Waals surface area contributed by atoms with Crippen molar-refractivity contribution in [3.05, 3.63) is 59.7 Å². The Morgan fingerprint density at radius 2 is 1.72 bits per heavy atom. The minimum Gasteiger partial charge on any atom is -0.192 e. The maximum absolute atomic E-state index is 8.82. The minimum atomic E-state index is 0.713. The van der Waals surface area contributed by atoms with E-state index in [1.807, 2.05) is 24.3 Å². The zero-order valence-corrected chi connectivity index (χ0v) is 10.7. The second-order valence-electron chi connectivity index (χ2n) is 4.45. The summed E-state index contributed by atoms with van der Waals surface area (Å²) < 4.78 is 0. The van der Waals surface area contributed by atoms with E-state index in [9.17, 15) is 0 Å². The van der Waals surface area contributed by atoms with Crippen LogP contribution in [0.4, 0.5) is 0 Å². The molecule has 1 nitrogen and oxygen atoms in total. The predicted molar refractivity (Wildman–Crippen MR) is 75.2 cm³/mol. The van der Waals surface area contributed by atoms with Gasteiger partial charge in [0.25, 0.3) is 0 Å². The zero-order chi connectivity index (χ0) is 12.8. The van der Waals surface area contributed by atoms with Gasteiger partial charge in [-0.05, 0) is 41.7 Å². The number of benzene rings is 2. The van der Waals surface area contributed by atoms with Crippen LogP contribution in [0.3, 0.4) is 0 Å². The van der Waals surface area contributed by atoms with Crippen molar-refractivity contribution < 1.29 is 0 Å². The Kier molecular flexibility index (Phi) is 4.15. The fourth-order valence-corrected chi connectivity index (χ4v) is 2.11. The van der Waals surface area contributed by atoms with Gasteiger partial charge in [0.1, 0.15) is 0 Å². The van der Waals surface area contributed by atoms with Gasteiger partial charge in [-0.2, -0.15) is 5.26 Å². The van der Waals surface area contributed by atoms with E-state index in [0.717, 1.165) is 6.42 Å². The average Bonchev–Trinajstić information content (AvgIpc) is 2.45. The first kappa shape index (κ1) is 12.4. The third kappa shape index (κ3) is 2.78. The van der Waals surface area contributed by atoms with Crippen LogP contribution >= 0.6 is 0 Å². The lowest BCUT2D eigenvalue weighted by molar-refractivity contribution is 0.796. The molecular weight excluding hydrogens is 218 g/mol. The minimum absolute atomic E-state index is 0.713. The van der Waals surface area contributed by atoms with Crippen LogP contribution in [-0.4, -0.2) is 0 Å². The normalized spacial score (nSPS) is 10.0. The maximum Gasteiger partial charge on any atom is 0.0991 e. The Bertz CT molecular complexity index is 547. The van der Waals surface area contributed by atoms with Gasteiger partial charge in [0.15, 0.2) is 0 Å². The number of rotatable bonds is 4. The summed E-state index contributed by atoms with van der Waals surface area (Å²) in [5.41, 5.74) is 4.59. The number of hydrogen-bond donors (Lipinski definition) is 0. The van der Waals surface area contributed by atoms with E-state index in [2.05, 4.69) is 37.3 Å². The molecule has 0 radical (unpaired) electrons. The molecule has 18 heavy (non-hydrogen) atoms. The smallest absolute Gasteiger partial charge is 0.0991 e. The molecule has 0 aromatic heterocycles. The summed E-state index contributed by atoms with van der Waals surface area (Å²) in [6, 6.07) is 18.5. The summed E-state index contributed by atoms with van der Waals surface area (Å²) in [7, 11) is 0. The molecule has 0 saturated carbocycles. The Balaban J connectivity index is 2.34. The molecule has 0 saturated heterocycles. The van der Waals surface area contributed by atoms with Crippen molar-refractivity contribution >= 4 is 0 Å². The number of unbranched alkanes of at least 4 members (excludes halogenated alkanes) is 1. The van der Waals surface area contributed by atoms with Crippen molar-refractivity contribution in [2.75, 3.05) is 0 Å². The number of nitriles is 1. The number of aryl methyl sites for hydroxylation is 1. The quantitative estimate of drug-likeness (QED) is 0.761. The SMILES string of the molecule is CCCCc1ccccc1-c1ccc(C#N)cc1. The van der Waals surface area contributed by atoms with Crippen LogP contribution in [0.5, 0.6) is 0 Å². The molecule has 0 bridgehead atoms. The summed E-state index contributed by atoms with van der Waals surface area (Å²) in [5.74, 6) is 0. The van der Waals surface area contributed by atoms with E-state index in [-0.39, 0.29) is 0 Å². The van der Waals surface area contributed by atoms with Crippen molar-refractivity contribution in [3.8, 4) is 17.2 Å². The lowest BCUT2D eigenvalue weighted by Gasteiger charge is -2.09. The number of nitrogens with zero attached hydrogens (tertiary/aromatic N) is 1.